The molecule has 2 unspecified atom stereocenters. The highest BCUT2D eigenvalue weighted by Gasteiger charge is 2.28. The molecule has 0 aromatic heterocycles. The van der Waals surface area contributed by atoms with Crippen molar-refractivity contribution in [2.75, 3.05) is 25.0 Å². The first-order valence-electron chi connectivity index (χ1n) is 6.74. The van der Waals surface area contributed by atoms with Crippen molar-refractivity contribution in [3.05, 3.63) is 33.9 Å². The van der Waals surface area contributed by atoms with E-state index in [1.807, 2.05) is 6.07 Å². The molecule has 0 aliphatic carbocycles. The zero-order chi connectivity index (χ0) is 14.9. The van der Waals surface area contributed by atoms with Crippen molar-refractivity contribution in [2.24, 2.45) is 0 Å². The van der Waals surface area contributed by atoms with Gasteiger partial charge in [0.15, 0.2) is 0 Å². The summed E-state index contributed by atoms with van der Waals surface area (Å²) in [5.74, 6) is 0. The second-order valence-corrected chi connectivity index (χ2v) is 6.03. The van der Waals surface area contributed by atoms with Gasteiger partial charge in [0, 0.05) is 48.3 Å². The Morgan fingerprint density at radius 1 is 1.35 bits per heavy atom. The summed E-state index contributed by atoms with van der Waals surface area (Å²) in [6, 6.07) is 6.07. The molecule has 1 heterocycles. The fourth-order valence-electron chi connectivity index (χ4n) is 2.70. The van der Waals surface area contributed by atoms with Crippen molar-refractivity contribution in [3.63, 3.8) is 0 Å². The maximum absolute atomic E-state index is 10.9. The molecule has 1 fully saturated rings. The van der Waals surface area contributed by atoms with Crippen LogP contribution in [0.3, 0.4) is 0 Å². The van der Waals surface area contributed by atoms with E-state index in [1.54, 1.807) is 12.1 Å². The number of anilines is 1. The molecule has 1 aliphatic heterocycles. The lowest BCUT2D eigenvalue weighted by atomic mass is 10.1. The Balaban J connectivity index is 2.30. The lowest BCUT2D eigenvalue weighted by Gasteiger charge is -2.44. The van der Waals surface area contributed by atoms with Crippen LogP contribution in [0.15, 0.2) is 18.2 Å². The standard InChI is InChI=1S/C14H20BrN3O2/c1-10-8-17(9-11(2)16(10)3)14-5-4-13(18(19)20)6-12(14)7-15/h4-6,10-11H,7-9H2,1-3H3. The lowest BCUT2D eigenvalue weighted by molar-refractivity contribution is -0.384. The van der Waals surface area contributed by atoms with Gasteiger partial charge in [-0.1, -0.05) is 15.9 Å². The Morgan fingerprint density at radius 2 is 1.95 bits per heavy atom. The second-order valence-electron chi connectivity index (χ2n) is 5.47. The molecule has 1 aliphatic rings. The van der Waals surface area contributed by atoms with Gasteiger partial charge in [-0.05, 0) is 32.5 Å². The Hall–Kier alpha value is -1.14. The largest absolute Gasteiger partial charge is 0.368 e. The van der Waals surface area contributed by atoms with E-state index < -0.39 is 0 Å². The number of hydrogen-bond acceptors (Lipinski definition) is 4. The molecule has 0 amide bonds. The molecular formula is C14H20BrN3O2. The normalized spacial score (nSPS) is 23.9. The van der Waals surface area contributed by atoms with Crippen LogP contribution < -0.4 is 4.90 Å². The van der Waals surface area contributed by atoms with Crippen molar-refractivity contribution in [1.82, 2.24) is 4.90 Å². The number of benzene rings is 1. The molecule has 1 aromatic rings. The maximum Gasteiger partial charge on any atom is 0.269 e. The SMILES string of the molecule is CC1CN(c2ccc([N+](=O)[O-])cc2CBr)CC(C)N1C. The minimum atomic E-state index is -0.342. The zero-order valence-electron chi connectivity index (χ0n) is 12.0. The van der Waals surface area contributed by atoms with E-state index in [9.17, 15) is 10.1 Å². The Kier molecular flexibility index (Phi) is 4.65. The number of non-ortho nitro benzene ring substituents is 1. The van der Waals surface area contributed by atoms with Gasteiger partial charge in [0.1, 0.15) is 0 Å². The van der Waals surface area contributed by atoms with E-state index in [2.05, 4.69) is 46.6 Å². The smallest absolute Gasteiger partial charge is 0.269 e. The molecule has 5 nitrogen and oxygen atoms in total. The highest BCUT2D eigenvalue weighted by atomic mass is 79.9. The van der Waals surface area contributed by atoms with Crippen molar-refractivity contribution in [1.29, 1.82) is 0 Å². The van der Waals surface area contributed by atoms with Crippen LogP contribution in [-0.2, 0) is 5.33 Å². The van der Waals surface area contributed by atoms with Gasteiger partial charge in [0.2, 0.25) is 0 Å². The predicted molar refractivity (Wildman–Crippen MR) is 84.6 cm³/mol. The van der Waals surface area contributed by atoms with Crippen LogP contribution in [-0.4, -0.2) is 42.0 Å². The van der Waals surface area contributed by atoms with E-state index in [0.29, 0.717) is 17.4 Å². The van der Waals surface area contributed by atoms with Crippen molar-refractivity contribution >= 4 is 27.3 Å². The minimum Gasteiger partial charge on any atom is -0.368 e. The van der Waals surface area contributed by atoms with Gasteiger partial charge in [-0.2, -0.15) is 0 Å². The summed E-state index contributed by atoms with van der Waals surface area (Å²) in [5, 5.41) is 11.5. The van der Waals surface area contributed by atoms with Gasteiger partial charge in [0.05, 0.1) is 4.92 Å². The average Bonchev–Trinajstić information content (AvgIpc) is 2.43. The summed E-state index contributed by atoms with van der Waals surface area (Å²) in [6.45, 7) is 6.31. The van der Waals surface area contributed by atoms with Crippen LogP contribution in [0.4, 0.5) is 11.4 Å². The molecular weight excluding hydrogens is 322 g/mol. The van der Waals surface area contributed by atoms with Crippen LogP contribution in [0, 0.1) is 10.1 Å². The quantitative estimate of drug-likeness (QED) is 0.481. The first kappa shape index (κ1) is 15.3. The summed E-state index contributed by atoms with van der Waals surface area (Å²) in [5.41, 5.74) is 2.22. The van der Waals surface area contributed by atoms with Gasteiger partial charge in [0.25, 0.3) is 5.69 Å². The second kappa shape index (κ2) is 6.10. The molecule has 2 rings (SSSR count). The highest BCUT2D eigenvalue weighted by Crippen LogP contribution is 2.29. The van der Waals surface area contributed by atoms with Crippen molar-refractivity contribution < 1.29 is 4.92 Å². The van der Waals surface area contributed by atoms with Crippen LogP contribution >= 0.6 is 15.9 Å². The number of piperazine rings is 1. The number of alkyl halides is 1. The van der Waals surface area contributed by atoms with Gasteiger partial charge >= 0.3 is 0 Å². The highest BCUT2D eigenvalue weighted by molar-refractivity contribution is 9.08. The van der Waals surface area contributed by atoms with E-state index in [0.717, 1.165) is 24.3 Å². The number of halogens is 1. The van der Waals surface area contributed by atoms with E-state index >= 15 is 0 Å². The number of likely N-dealkylation sites (N-methyl/N-ethyl adjacent to an activating group) is 1. The molecule has 2 atom stereocenters. The molecule has 0 spiro atoms. The Bertz CT molecular complexity index is 497. The Labute approximate surface area is 127 Å². The lowest BCUT2D eigenvalue weighted by Crippen LogP contribution is -2.55. The summed E-state index contributed by atoms with van der Waals surface area (Å²) in [4.78, 5) is 15.2. The summed E-state index contributed by atoms with van der Waals surface area (Å²) in [7, 11) is 2.15. The van der Waals surface area contributed by atoms with E-state index in [1.165, 1.54) is 0 Å². The number of nitro benzene ring substituents is 1. The monoisotopic (exact) mass is 341 g/mol. The molecule has 0 bridgehead atoms. The number of nitro groups is 1. The summed E-state index contributed by atoms with van der Waals surface area (Å²) >= 11 is 3.44. The van der Waals surface area contributed by atoms with Gasteiger partial charge in [-0.15, -0.1) is 0 Å². The zero-order valence-corrected chi connectivity index (χ0v) is 13.6. The minimum absolute atomic E-state index is 0.151. The molecule has 110 valence electrons. The number of nitrogens with zero attached hydrogens (tertiary/aromatic N) is 3. The first-order valence-corrected chi connectivity index (χ1v) is 7.86. The Morgan fingerprint density at radius 3 is 2.45 bits per heavy atom. The van der Waals surface area contributed by atoms with Gasteiger partial charge < -0.3 is 4.90 Å². The summed E-state index contributed by atoms with van der Waals surface area (Å²) < 4.78 is 0. The first-order chi connectivity index (χ1) is 9.43. The van der Waals surface area contributed by atoms with Crippen LogP contribution in [0.25, 0.3) is 0 Å². The molecule has 6 heteroatoms. The van der Waals surface area contributed by atoms with E-state index in [4.69, 9.17) is 0 Å². The fourth-order valence-corrected chi connectivity index (χ4v) is 3.15. The van der Waals surface area contributed by atoms with Crippen LogP contribution in [0.2, 0.25) is 0 Å². The summed E-state index contributed by atoms with van der Waals surface area (Å²) in [6.07, 6.45) is 0. The van der Waals surface area contributed by atoms with Crippen LogP contribution in [0.5, 0.6) is 0 Å². The van der Waals surface area contributed by atoms with Crippen LogP contribution in [0.1, 0.15) is 19.4 Å². The predicted octanol–water partition coefficient (Wildman–Crippen LogP) is 3.02. The number of hydrogen-bond donors (Lipinski definition) is 0. The number of rotatable bonds is 3. The topological polar surface area (TPSA) is 49.6 Å². The maximum atomic E-state index is 10.9. The molecule has 20 heavy (non-hydrogen) atoms. The van der Waals surface area contributed by atoms with Crippen molar-refractivity contribution in [3.8, 4) is 0 Å². The average molecular weight is 342 g/mol. The van der Waals surface area contributed by atoms with E-state index in [-0.39, 0.29) is 10.6 Å². The molecule has 1 aromatic carbocycles. The molecule has 0 N–H and O–H groups in total. The van der Waals surface area contributed by atoms with Gasteiger partial charge in [-0.25, -0.2) is 0 Å². The van der Waals surface area contributed by atoms with Gasteiger partial charge in [-0.3, -0.25) is 15.0 Å². The fraction of sp³-hybridized carbons (Fsp3) is 0.571. The molecule has 1 saturated heterocycles. The molecule has 0 saturated carbocycles. The third-order valence-corrected chi connectivity index (χ3v) is 4.72. The van der Waals surface area contributed by atoms with Crippen molar-refractivity contribution in [2.45, 2.75) is 31.3 Å². The third-order valence-electron chi connectivity index (χ3n) is 4.12. The third kappa shape index (κ3) is 2.96. The molecule has 0 radical (unpaired) electrons.